The molecule has 0 spiro atoms. The number of aliphatic hydroxyl groups is 1. The van der Waals surface area contributed by atoms with Crippen molar-refractivity contribution in [3.05, 3.63) is 35.9 Å². The van der Waals surface area contributed by atoms with Gasteiger partial charge in [-0.05, 0) is 25.3 Å². The van der Waals surface area contributed by atoms with Gasteiger partial charge in [-0.2, -0.15) is 0 Å². The van der Waals surface area contributed by atoms with Crippen molar-refractivity contribution in [2.45, 2.75) is 31.8 Å². The molecule has 0 amide bonds. The molecule has 2 atom stereocenters. The first-order chi connectivity index (χ1) is 7.76. The standard InChI is InChI=1S/C13H22N2O/c1-11(7-8-16)15-13(10-14)9-12-5-3-2-4-6-12/h2-6,11,13,15-16H,7-10,14H2,1H3. The Morgan fingerprint density at radius 3 is 2.56 bits per heavy atom. The van der Waals surface area contributed by atoms with Gasteiger partial charge in [0.05, 0.1) is 0 Å². The average Bonchev–Trinajstić information content (AvgIpc) is 2.30. The molecule has 0 aliphatic heterocycles. The Morgan fingerprint density at radius 1 is 1.31 bits per heavy atom. The zero-order valence-electron chi connectivity index (χ0n) is 9.89. The molecule has 1 aromatic rings. The maximum Gasteiger partial charge on any atom is 0.0445 e. The minimum absolute atomic E-state index is 0.219. The van der Waals surface area contributed by atoms with Crippen LogP contribution in [0.25, 0.3) is 0 Å². The van der Waals surface area contributed by atoms with Crippen LogP contribution in [-0.2, 0) is 6.42 Å². The SMILES string of the molecule is CC(CCO)NC(CN)Cc1ccccc1. The van der Waals surface area contributed by atoms with Crippen molar-refractivity contribution in [3.8, 4) is 0 Å². The summed E-state index contributed by atoms with van der Waals surface area (Å²) in [5, 5.41) is 12.3. The molecule has 0 fully saturated rings. The van der Waals surface area contributed by atoms with Crippen LogP contribution in [-0.4, -0.2) is 30.3 Å². The highest BCUT2D eigenvalue weighted by Gasteiger charge is 2.10. The molecule has 0 heterocycles. The lowest BCUT2D eigenvalue weighted by molar-refractivity contribution is 0.263. The molecule has 0 aliphatic carbocycles. The van der Waals surface area contributed by atoms with E-state index >= 15 is 0 Å². The summed E-state index contributed by atoms with van der Waals surface area (Å²) in [5.74, 6) is 0. The first-order valence-corrected chi connectivity index (χ1v) is 5.87. The minimum Gasteiger partial charge on any atom is -0.396 e. The number of nitrogens with one attached hydrogen (secondary N) is 1. The molecule has 0 bridgehead atoms. The minimum atomic E-state index is 0.219. The molecule has 0 saturated heterocycles. The molecule has 16 heavy (non-hydrogen) atoms. The third kappa shape index (κ3) is 4.75. The Hall–Kier alpha value is -0.900. The van der Waals surface area contributed by atoms with Crippen LogP contribution in [0.3, 0.4) is 0 Å². The molecular formula is C13H22N2O. The molecule has 90 valence electrons. The molecule has 3 heteroatoms. The molecule has 3 nitrogen and oxygen atoms in total. The van der Waals surface area contributed by atoms with E-state index in [2.05, 4.69) is 24.4 Å². The Kier molecular flexibility index (Phi) is 6.08. The molecule has 1 aromatic carbocycles. The normalized spacial score (nSPS) is 14.7. The first-order valence-electron chi connectivity index (χ1n) is 5.87. The third-order valence-corrected chi connectivity index (χ3v) is 2.69. The quantitative estimate of drug-likeness (QED) is 0.643. The van der Waals surface area contributed by atoms with Gasteiger partial charge in [0.1, 0.15) is 0 Å². The van der Waals surface area contributed by atoms with Crippen molar-refractivity contribution >= 4 is 0 Å². The van der Waals surface area contributed by atoms with E-state index in [1.165, 1.54) is 5.56 Å². The molecule has 0 aromatic heterocycles. The Labute approximate surface area is 97.7 Å². The summed E-state index contributed by atoms with van der Waals surface area (Å²) < 4.78 is 0. The lowest BCUT2D eigenvalue weighted by Crippen LogP contribution is -2.43. The molecule has 0 radical (unpaired) electrons. The molecular weight excluding hydrogens is 200 g/mol. The van der Waals surface area contributed by atoms with Crippen molar-refractivity contribution in [2.75, 3.05) is 13.2 Å². The van der Waals surface area contributed by atoms with Gasteiger partial charge in [-0.1, -0.05) is 30.3 Å². The highest BCUT2D eigenvalue weighted by atomic mass is 16.3. The largest absolute Gasteiger partial charge is 0.396 e. The highest BCUT2D eigenvalue weighted by Crippen LogP contribution is 2.03. The number of benzene rings is 1. The summed E-state index contributed by atoms with van der Waals surface area (Å²) in [6.07, 6.45) is 1.71. The van der Waals surface area contributed by atoms with Crippen molar-refractivity contribution in [3.63, 3.8) is 0 Å². The molecule has 1 rings (SSSR count). The van der Waals surface area contributed by atoms with Crippen LogP contribution < -0.4 is 11.1 Å². The van der Waals surface area contributed by atoms with Crippen LogP contribution >= 0.6 is 0 Å². The molecule has 0 aliphatic rings. The van der Waals surface area contributed by atoms with Crippen LogP contribution in [0.15, 0.2) is 30.3 Å². The van der Waals surface area contributed by atoms with Crippen molar-refractivity contribution in [1.29, 1.82) is 0 Å². The molecule has 0 saturated carbocycles. The molecule has 2 unspecified atom stereocenters. The van der Waals surface area contributed by atoms with Crippen molar-refractivity contribution < 1.29 is 5.11 Å². The fourth-order valence-electron chi connectivity index (χ4n) is 1.79. The summed E-state index contributed by atoms with van der Waals surface area (Å²) in [5.41, 5.74) is 7.03. The summed E-state index contributed by atoms with van der Waals surface area (Å²) in [6.45, 7) is 2.91. The second kappa shape index (κ2) is 7.39. The first kappa shape index (κ1) is 13.2. The van der Waals surface area contributed by atoms with E-state index in [0.29, 0.717) is 12.6 Å². The topological polar surface area (TPSA) is 58.3 Å². The average molecular weight is 222 g/mol. The van der Waals surface area contributed by atoms with Gasteiger partial charge in [0.15, 0.2) is 0 Å². The monoisotopic (exact) mass is 222 g/mol. The van der Waals surface area contributed by atoms with Crippen LogP contribution in [0.1, 0.15) is 18.9 Å². The van der Waals surface area contributed by atoms with Gasteiger partial charge in [-0.3, -0.25) is 0 Å². The summed E-state index contributed by atoms with van der Waals surface area (Å²) in [7, 11) is 0. The zero-order chi connectivity index (χ0) is 11.8. The van der Waals surface area contributed by atoms with E-state index in [0.717, 1.165) is 12.8 Å². The number of aliphatic hydroxyl groups excluding tert-OH is 1. The second-order valence-electron chi connectivity index (χ2n) is 4.20. The second-order valence-corrected chi connectivity index (χ2v) is 4.20. The predicted octanol–water partition coefficient (Wildman–Crippen LogP) is 0.917. The lowest BCUT2D eigenvalue weighted by Gasteiger charge is -2.21. The maximum atomic E-state index is 8.84. The number of hydrogen-bond donors (Lipinski definition) is 3. The van der Waals surface area contributed by atoms with E-state index in [1.54, 1.807) is 0 Å². The Morgan fingerprint density at radius 2 is 2.00 bits per heavy atom. The van der Waals surface area contributed by atoms with Crippen LogP contribution in [0.2, 0.25) is 0 Å². The fraction of sp³-hybridized carbons (Fsp3) is 0.538. The van der Waals surface area contributed by atoms with Crippen LogP contribution in [0, 0.1) is 0 Å². The van der Waals surface area contributed by atoms with E-state index in [-0.39, 0.29) is 12.6 Å². The van der Waals surface area contributed by atoms with Gasteiger partial charge in [0.2, 0.25) is 0 Å². The van der Waals surface area contributed by atoms with Gasteiger partial charge in [0.25, 0.3) is 0 Å². The van der Waals surface area contributed by atoms with E-state index in [9.17, 15) is 0 Å². The zero-order valence-corrected chi connectivity index (χ0v) is 9.89. The van der Waals surface area contributed by atoms with Crippen LogP contribution in [0.5, 0.6) is 0 Å². The van der Waals surface area contributed by atoms with E-state index < -0.39 is 0 Å². The Bertz CT molecular complexity index is 277. The van der Waals surface area contributed by atoms with Crippen molar-refractivity contribution in [2.24, 2.45) is 5.73 Å². The third-order valence-electron chi connectivity index (χ3n) is 2.69. The summed E-state index contributed by atoms with van der Waals surface area (Å²) in [4.78, 5) is 0. The number of rotatable bonds is 7. The van der Waals surface area contributed by atoms with Gasteiger partial charge >= 0.3 is 0 Å². The Balaban J connectivity index is 2.43. The van der Waals surface area contributed by atoms with E-state index in [4.69, 9.17) is 10.8 Å². The van der Waals surface area contributed by atoms with Crippen molar-refractivity contribution in [1.82, 2.24) is 5.32 Å². The fourth-order valence-corrected chi connectivity index (χ4v) is 1.79. The lowest BCUT2D eigenvalue weighted by atomic mass is 10.0. The maximum absolute atomic E-state index is 8.84. The van der Waals surface area contributed by atoms with Gasteiger partial charge in [-0.15, -0.1) is 0 Å². The molecule has 4 N–H and O–H groups in total. The summed E-state index contributed by atoms with van der Waals surface area (Å²) >= 11 is 0. The number of hydrogen-bond acceptors (Lipinski definition) is 3. The van der Waals surface area contributed by atoms with Crippen LogP contribution in [0.4, 0.5) is 0 Å². The summed E-state index contributed by atoms with van der Waals surface area (Å²) in [6, 6.07) is 10.9. The number of nitrogens with two attached hydrogens (primary N) is 1. The predicted molar refractivity (Wildman–Crippen MR) is 67.3 cm³/mol. The van der Waals surface area contributed by atoms with Gasteiger partial charge in [0, 0.05) is 25.2 Å². The highest BCUT2D eigenvalue weighted by molar-refractivity contribution is 5.16. The smallest absolute Gasteiger partial charge is 0.0445 e. The van der Waals surface area contributed by atoms with Gasteiger partial charge < -0.3 is 16.2 Å². The van der Waals surface area contributed by atoms with Gasteiger partial charge in [-0.25, -0.2) is 0 Å². The van der Waals surface area contributed by atoms with E-state index in [1.807, 2.05) is 18.2 Å².